The van der Waals surface area contributed by atoms with E-state index >= 15 is 0 Å². The SMILES string of the molecule is Nc1ccccc1CCOc1ncncc1I. The Kier molecular flexibility index (Phi) is 4.13. The van der Waals surface area contributed by atoms with E-state index in [1.807, 2.05) is 24.3 Å². The summed E-state index contributed by atoms with van der Waals surface area (Å²) in [7, 11) is 0. The first kappa shape index (κ1) is 12.1. The zero-order valence-electron chi connectivity index (χ0n) is 9.14. The molecule has 0 saturated carbocycles. The molecule has 1 aromatic carbocycles. The van der Waals surface area contributed by atoms with Gasteiger partial charge in [0, 0.05) is 18.3 Å². The van der Waals surface area contributed by atoms with E-state index in [-0.39, 0.29) is 0 Å². The van der Waals surface area contributed by atoms with Crippen molar-refractivity contribution in [2.24, 2.45) is 0 Å². The Morgan fingerprint density at radius 1 is 1.29 bits per heavy atom. The van der Waals surface area contributed by atoms with Crippen molar-refractivity contribution in [2.75, 3.05) is 12.3 Å². The number of para-hydroxylation sites is 1. The van der Waals surface area contributed by atoms with Gasteiger partial charge in [-0.1, -0.05) is 18.2 Å². The van der Waals surface area contributed by atoms with Crippen molar-refractivity contribution in [3.05, 3.63) is 45.9 Å². The molecule has 1 aromatic heterocycles. The van der Waals surface area contributed by atoms with Gasteiger partial charge in [0.2, 0.25) is 5.88 Å². The molecular formula is C12H12IN3O. The number of halogens is 1. The summed E-state index contributed by atoms with van der Waals surface area (Å²) < 4.78 is 6.49. The number of aromatic nitrogens is 2. The van der Waals surface area contributed by atoms with Crippen molar-refractivity contribution >= 4 is 28.3 Å². The number of benzene rings is 1. The topological polar surface area (TPSA) is 61.0 Å². The molecule has 0 spiro atoms. The maximum Gasteiger partial charge on any atom is 0.230 e. The highest BCUT2D eigenvalue weighted by Crippen LogP contribution is 2.16. The van der Waals surface area contributed by atoms with Crippen LogP contribution in [0.25, 0.3) is 0 Å². The largest absolute Gasteiger partial charge is 0.476 e. The summed E-state index contributed by atoms with van der Waals surface area (Å²) in [5.41, 5.74) is 7.74. The molecule has 0 saturated heterocycles. The van der Waals surface area contributed by atoms with Crippen molar-refractivity contribution in [1.82, 2.24) is 9.97 Å². The lowest BCUT2D eigenvalue weighted by atomic mass is 10.1. The van der Waals surface area contributed by atoms with E-state index in [0.29, 0.717) is 12.5 Å². The fraction of sp³-hybridized carbons (Fsp3) is 0.167. The quantitative estimate of drug-likeness (QED) is 0.685. The van der Waals surface area contributed by atoms with Crippen molar-refractivity contribution in [2.45, 2.75) is 6.42 Å². The highest BCUT2D eigenvalue weighted by Gasteiger charge is 2.03. The first-order valence-electron chi connectivity index (χ1n) is 5.19. The smallest absolute Gasteiger partial charge is 0.230 e. The average Bonchev–Trinajstić information content (AvgIpc) is 2.34. The van der Waals surface area contributed by atoms with Gasteiger partial charge in [-0.25, -0.2) is 9.97 Å². The number of nitrogens with zero attached hydrogens (tertiary/aromatic N) is 2. The maximum absolute atomic E-state index is 5.85. The van der Waals surface area contributed by atoms with Crippen molar-refractivity contribution in [3.63, 3.8) is 0 Å². The monoisotopic (exact) mass is 341 g/mol. The lowest BCUT2D eigenvalue weighted by Gasteiger charge is -2.07. The Labute approximate surface area is 113 Å². The highest BCUT2D eigenvalue weighted by molar-refractivity contribution is 14.1. The summed E-state index contributed by atoms with van der Waals surface area (Å²) in [6, 6.07) is 7.79. The van der Waals surface area contributed by atoms with Crippen molar-refractivity contribution in [1.29, 1.82) is 0 Å². The minimum absolute atomic E-state index is 0.557. The molecule has 0 radical (unpaired) electrons. The van der Waals surface area contributed by atoms with Crippen LogP contribution in [0.2, 0.25) is 0 Å². The summed E-state index contributed by atoms with van der Waals surface area (Å²) in [5.74, 6) is 0.620. The number of hydrogen-bond donors (Lipinski definition) is 1. The molecule has 0 bridgehead atoms. The lowest BCUT2D eigenvalue weighted by Crippen LogP contribution is -2.05. The standard InChI is InChI=1S/C12H12IN3O/c13-10-7-15-8-16-12(10)17-6-5-9-3-1-2-4-11(9)14/h1-4,7-8H,5-6,14H2. The average molecular weight is 341 g/mol. The first-order valence-corrected chi connectivity index (χ1v) is 6.27. The summed E-state index contributed by atoms with van der Waals surface area (Å²) >= 11 is 2.15. The molecule has 5 heteroatoms. The fourth-order valence-electron chi connectivity index (χ4n) is 1.43. The highest BCUT2D eigenvalue weighted by atomic mass is 127. The van der Waals surface area contributed by atoms with Gasteiger partial charge in [0.15, 0.2) is 0 Å². The Bertz CT molecular complexity index is 459. The van der Waals surface area contributed by atoms with Gasteiger partial charge in [-0.3, -0.25) is 0 Å². The van der Waals surface area contributed by atoms with Crippen LogP contribution in [0.5, 0.6) is 5.88 Å². The van der Waals surface area contributed by atoms with E-state index in [4.69, 9.17) is 10.5 Å². The van der Waals surface area contributed by atoms with Gasteiger partial charge in [-0.15, -0.1) is 0 Å². The Balaban J connectivity index is 1.93. The second kappa shape index (κ2) is 5.81. The minimum atomic E-state index is 0.557. The van der Waals surface area contributed by atoms with E-state index in [0.717, 1.165) is 21.2 Å². The van der Waals surface area contributed by atoms with Gasteiger partial charge in [0.25, 0.3) is 0 Å². The van der Waals surface area contributed by atoms with Gasteiger partial charge in [0.1, 0.15) is 6.33 Å². The van der Waals surface area contributed by atoms with Crippen LogP contribution in [-0.2, 0) is 6.42 Å². The van der Waals surface area contributed by atoms with Crippen LogP contribution in [0.15, 0.2) is 36.8 Å². The maximum atomic E-state index is 5.85. The van der Waals surface area contributed by atoms with Gasteiger partial charge < -0.3 is 10.5 Å². The van der Waals surface area contributed by atoms with Crippen LogP contribution in [-0.4, -0.2) is 16.6 Å². The van der Waals surface area contributed by atoms with Gasteiger partial charge in [0.05, 0.1) is 10.2 Å². The second-order valence-electron chi connectivity index (χ2n) is 3.47. The molecule has 0 aliphatic heterocycles. The van der Waals surface area contributed by atoms with Crippen molar-refractivity contribution < 1.29 is 4.74 Å². The zero-order chi connectivity index (χ0) is 12.1. The van der Waals surface area contributed by atoms with Gasteiger partial charge in [-0.2, -0.15) is 0 Å². The molecule has 2 aromatic rings. The Hall–Kier alpha value is -1.37. The lowest BCUT2D eigenvalue weighted by molar-refractivity contribution is 0.306. The van der Waals surface area contributed by atoms with Gasteiger partial charge in [-0.05, 0) is 34.2 Å². The predicted molar refractivity (Wildman–Crippen MR) is 74.8 cm³/mol. The van der Waals surface area contributed by atoms with Crippen LogP contribution in [0.3, 0.4) is 0 Å². The number of anilines is 1. The number of hydrogen-bond acceptors (Lipinski definition) is 4. The second-order valence-corrected chi connectivity index (χ2v) is 4.64. The summed E-state index contributed by atoms with van der Waals surface area (Å²) in [4.78, 5) is 7.97. The van der Waals surface area contributed by atoms with Crippen LogP contribution in [0, 0.1) is 3.57 Å². The Morgan fingerprint density at radius 3 is 2.88 bits per heavy atom. The van der Waals surface area contributed by atoms with Gasteiger partial charge >= 0.3 is 0 Å². The molecule has 0 unspecified atom stereocenters. The molecule has 4 nitrogen and oxygen atoms in total. The fourth-order valence-corrected chi connectivity index (χ4v) is 1.88. The molecule has 2 N–H and O–H groups in total. The predicted octanol–water partition coefficient (Wildman–Crippen LogP) is 2.28. The Morgan fingerprint density at radius 2 is 2.12 bits per heavy atom. The summed E-state index contributed by atoms with van der Waals surface area (Å²) in [6.07, 6.45) is 3.97. The normalized spacial score (nSPS) is 10.2. The molecule has 2 rings (SSSR count). The minimum Gasteiger partial charge on any atom is -0.476 e. The summed E-state index contributed by atoms with van der Waals surface area (Å²) in [6.45, 7) is 0.557. The van der Waals surface area contributed by atoms with E-state index in [1.165, 1.54) is 6.33 Å². The number of rotatable bonds is 4. The van der Waals surface area contributed by atoms with E-state index in [9.17, 15) is 0 Å². The zero-order valence-corrected chi connectivity index (χ0v) is 11.3. The number of nitrogens with two attached hydrogens (primary N) is 1. The molecule has 0 aliphatic carbocycles. The number of nitrogen functional groups attached to an aromatic ring is 1. The molecular weight excluding hydrogens is 329 g/mol. The molecule has 17 heavy (non-hydrogen) atoms. The van der Waals surface area contributed by atoms with Crippen molar-refractivity contribution in [3.8, 4) is 5.88 Å². The third-order valence-corrected chi connectivity index (χ3v) is 3.04. The molecule has 88 valence electrons. The van der Waals surface area contributed by atoms with E-state index in [1.54, 1.807) is 6.20 Å². The molecule has 0 aliphatic rings. The van der Waals surface area contributed by atoms with Crippen LogP contribution >= 0.6 is 22.6 Å². The molecule has 0 fully saturated rings. The van der Waals surface area contributed by atoms with Crippen LogP contribution < -0.4 is 10.5 Å². The van der Waals surface area contributed by atoms with E-state index < -0.39 is 0 Å². The van der Waals surface area contributed by atoms with Crippen LogP contribution in [0.1, 0.15) is 5.56 Å². The van der Waals surface area contributed by atoms with E-state index in [2.05, 4.69) is 32.6 Å². The molecule has 1 heterocycles. The third kappa shape index (κ3) is 3.29. The van der Waals surface area contributed by atoms with Crippen LogP contribution in [0.4, 0.5) is 5.69 Å². The molecule has 0 amide bonds. The first-order chi connectivity index (χ1) is 8.27. The molecule has 0 atom stereocenters. The summed E-state index contributed by atoms with van der Waals surface area (Å²) in [5, 5.41) is 0. The number of ether oxygens (including phenoxy) is 1. The third-order valence-electron chi connectivity index (χ3n) is 2.30.